The van der Waals surface area contributed by atoms with Crippen molar-refractivity contribution >= 4 is 12.0 Å². The van der Waals surface area contributed by atoms with Crippen LogP contribution in [-0.2, 0) is 9.53 Å². The molecule has 1 aromatic rings. The van der Waals surface area contributed by atoms with Gasteiger partial charge in [0, 0.05) is 26.2 Å². The van der Waals surface area contributed by atoms with Gasteiger partial charge < -0.3 is 15.0 Å². The number of nitrogens with zero attached hydrogens (tertiary/aromatic N) is 2. The van der Waals surface area contributed by atoms with Gasteiger partial charge in [0.25, 0.3) is 0 Å². The molecule has 1 N–H and O–H groups in total. The molecule has 0 bridgehead atoms. The fourth-order valence-electron chi connectivity index (χ4n) is 2.84. The van der Waals surface area contributed by atoms with Gasteiger partial charge in [-0.05, 0) is 38.5 Å². The second-order valence-corrected chi connectivity index (χ2v) is 6.18. The van der Waals surface area contributed by atoms with E-state index >= 15 is 0 Å². The standard InChI is InChI=1S/C18H26FN3O3/c1-4-25-18(24)22-11-9-21(10-12-22)14(3)17(23)20-13(2)15-5-7-16(19)8-6-15/h5-8,13-14H,4,9-12H2,1-3H3,(H,20,23). The Labute approximate surface area is 147 Å². The monoisotopic (exact) mass is 351 g/mol. The topological polar surface area (TPSA) is 61.9 Å². The van der Waals surface area contributed by atoms with Crippen molar-refractivity contribution in [1.29, 1.82) is 0 Å². The zero-order valence-electron chi connectivity index (χ0n) is 15.0. The number of ether oxygens (including phenoxy) is 1. The molecular formula is C18H26FN3O3. The van der Waals surface area contributed by atoms with Gasteiger partial charge in [0.15, 0.2) is 0 Å². The van der Waals surface area contributed by atoms with Crippen LogP contribution in [0.25, 0.3) is 0 Å². The molecule has 0 aromatic heterocycles. The molecule has 0 aliphatic carbocycles. The Kier molecular flexibility index (Phi) is 6.75. The Balaban J connectivity index is 1.84. The summed E-state index contributed by atoms with van der Waals surface area (Å²) in [7, 11) is 0. The van der Waals surface area contributed by atoms with E-state index in [-0.39, 0.29) is 29.9 Å². The quantitative estimate of drug-likeness (QED) is 0.883. The predicted octanol–water partition coefficient (Wildman–Crippen LogP) is 2.17. The largest absolute Gasteiger partial charge is 0.450 e. The molecule has 1 fully saturated rings. The van der Waals surface area contributed by atoms with Gasteiger partial charge in [0.1, 0.15) is 5.82 Å². The number of hydrogen-bond acceptors (Lipinski definition) is 4. The fraction of sp³-hybridized carbons (Fsp3) is 0.556. The van der Waals surface area contributed by atoms with Gasteiger partial charge >= 0.3 is 6.09 Å². The first-order chi connectivity index (χ1) is 11.9. The average molecular weight is 351 g/mol. The zero-order chi connectivity index (χ0) is 18.4. The highest BCUT2D eigenvalue weighted by atomic mass is 19.1. The van der Waals surface area contributed by atoms with Gasteiger partial charge in [-0.25, -0.2) is 9.18 Å². The second kappa shape index (κ2) is 8.80. The number of halogens is 1. The smallest absolute Gasteiger partial charge is 0.409 e. The Hall–Kier alpha value is -2.15. The first-order valence-electron chi connectivity index (χ1n) is 8.64. The van der Waals surface area contributed by atoms with E-state index in [2.05, 4.69) is 5.32 Å². The lowest BCUT2D eigenvalue weighted by Gasteiger charge is -2.37. The summed E-state index contributed by atoms with van der Waals surface area (Å²) in [6, 6.07) is 5.61. The maximum atomic E-state index is 13.0. The fourth-order valence-corrected chi connectivity index (χ4v) is 2.84. The first kappa shape index (κ1) is 19.2. The molecule has 2 unspecified atom stereocenters. The molecular weight excluding hydrogens is 325 g/mol. The van der Waals surface area contributed by atoms with Gasteiger partial charge in [0.05, 0.1) is 18.7 Å². The first-order valence-corrected chi connectivity index (χ1v) is 8.64. The van der Waals surface area contributed by atoms with Crippen LogP contribution < -0.4 is 5.32 Å². The molecule has 1 heterocycles. The molecule has 7 heteroatoms. The van der Waals surface area contributed by atoms with Crippen LogP contribution in [0.1, 0.15) is 32.4 Å². The minimum absolute atomic E-state index is 0.0820. The van der Waals surface area contributed by atoms with Gasteiger partial charge in [-0.3, -0.25) is 9.69 Å². The van der Waals surface area contributed by atoms with E-state index in [1.165, 1.54) is 12.1 Å². The average Bonchev–Trinajstić information content (AvgIpc) is 2.61. The summed E-state index contributed by atoms with van der Waals surface area (Å²) < 4.78 is 18.0. The van der Waals surface area contributed by atoms with Crippen LogP contribution in [0.15, 0.2) is 24.3 Å². The van der Waals surface area contributed by atoms with Gasteiger partial charge in [-0.15, -0.1) is 0 Å². The minimum atomic E-state index is -0.302. The third-order valence-electron chi connectivity index (χ3n) is 4.50. The molecule has 138 valence electrons. The van der Waals surface area contributed by atoms with Crippen molar-refractivity contribution in [3.05, 3.63) is 35.6 Å². The molecule has 1 aliphatic rings. The number of benzene rings is 1. The molecule has 0 radical (unpaired) electrons. The van der Waals surface area contributed by atoms with Crippen LogP contribution >= 0.6 is 0 Å². The molecule has 2 rings (SSSR count). The molecule has 1 aliphatic heterocycles. The van der Waals surface area contributed by atoms with Gasteiger partial charge in [-0.2, -0.15) is 0 Å². The van der Waals surface area contributed by atoms with E-state index in [9.17, 15) is 14.0 Å². The molecule has 2 amide bonds. The highest BCUT2D eigenvalue weighted by molar-refractivity contribution is 5.81. The lowest BCUT2D eigenvalue weighted by molar-refractivity contribution is -0.127. The van der Waals surface area contributed by atoms with Crippen molar-refractivity contribution < 1.29 is 18.7 Å². The van der Waals surface area contributed by atoms with Crippen molar-refractivity contribution in [2.24, 2.45) is 0 Å². The Morgan fingerprint density at radius 1 is 1.16 bits per heavy atom. The van der Waals surface area contributed by atoms with E-state index in [0.29, 0.717) is 32.8 Å². The molecule has 25 heavy (non-hydrogen) atoms. The summed E-state index contributed by atoms with van der Waals surface area (Å²) in [5.74, 6) is -0.378. The minimum Gasteiger partial charge on any atom is -0.450 e. The Morgan fingerprint density at radius 3 is 2.32 bits per heavy atom. The molecule has 0 saturated carbocycles. The number of carbonyl (C=O) groups excluding carboxylic acids is 2. The van der Waals surface area contributed by atoms with E-state index in [1.807, 2.05) is 18.7 Å². The van der Waals surface area contributed by atoms with E-state index in [4.69, 9.17) is 4.74 Å². The van der Waals surface area contributed by atoms with E-state index in [0.717, 1.165) is 5.56 Å². The molecule has 2 atom stereocenters. The van der Waals surface area contributed by atoms with Crippen molar-refractivity contribution in [2.75, 3.05) is 32.8 Å². The summed E-state index contributed by atoms with van der Waals surface area (Å²) in [5.41, 5.74) is 0.856. The van der Waals surface area contributed by atoms with Crippen LogP contribution in [-0.4, -0.2) is 60.6 Å². The number of rotatable bonds is 5. The summed E-state index contributed by atoms with van der Waals surface area (Å²) in [4.78, 5) is 27.9. The highest BCUT2D eigenvalue weighted by Gasteiger charge is 2.28. The van der Waals surface area contributed by atoms with Crippen molar-refractivity contribution in [3.8, 4) is 0 Å². The SMILES string of the molecule is CCOC(=O)N1CCN(C(C)C(=O)NC(C)c2ccc(F)cc2)CC1. The van der Waals surface area contributed by atoms with Gasteiger partial charge in [-0.1, -0.05) is 12.1 Å². The molecule has 0 spiro atoms. The maximum absolute atomic E-state index is 13.0. The molecule has 1 aromatic carbocycles. The zero-order valence-corrected chi connectivity index (χ0v) is 15.0. The van der Waals surface area contributed by atoms with Crippen LogP contribution in [0.3, 0.4) is 0 Å². The van der Waals surface area contributed by atoms with Crippen molar-refractivity contribution in [3.63, 3.8) is 0 Å². The number of hydrogen-bond donors (Lipinski definition) is 1. The third-order valence-corrected chi connectivity index (χ3v) is 4.50. The van der Waals surface area contributed by atoms with Crippen LogP contribution in [0.2, 0.25) is 0 Å². The normalized spacial score (nSPS) is 17.7. The number of nitrogens with one attached hydrogen (secondary N) is 1. The Bertz CT molecular complexity index is 586. The van der Waals surface area contributed by atoms with E-state index in [1.54, 1.807) is 24.0 Å². The second-order valence-electron chi connectivity index (χ2n) is 6.18. The predicted molar refractivity (Wildman–Crippen MR) is 92.6 cm³/mol. The summed E-state index contributed by atoms with van der Waals surface area (Å²) in [5, 5.41) is 2.96. The summed E-state index contributed by atoms with van der Waals surface area (Å²) in [6.45, 7) is 8.20. The molecule has 6 nitrogen and oxygen atoms in total. The van der Waals surface area contributed by atoms with Gasteiger partial charge in [0.2, 0.25) is 5.91 Å². The number of piperazine rings is 1. The maximum Gasteiger partial charge on any atom is 0.409 e. The molecule has 1 saturated heterocycles. The van der Waals surface area contributed by atoms with Crippen LogP contribution in [0, 0.1) is 5.82 Å². The number of carbonyl (C=O) groups is 2. The summed E-state index contributed by atoms with van der Waals surface area (Å²) >= 11 is 0. The lowest BCUT2D eigenvalue weighted by Crippen LogP contribution is -2.55. The van der Waals surface area contributed by atoms with Crippen LogP contribution in [0.5, 0.6) is 0 Å². The van der Waals surface area contributed by atoms with Crippen molar-refractivity contribution in [1.82, 2.24) is 15.1 Å². The third kappa shape index (κ3) is 5.16. The van der Waals surface area contributed by atoms with Crippen molar-refractivity contribution in [2.45, 2.75) is 32.9 Å². The highest BCUT2D eigenvalue weighted by Crippen LogP contribution is 2.14. The summed E-state index contributed by atoms with van der Waals surface area (Å²) in [6.07, 6.45) is -0.302. The Morgan fingerprint density at radius 2 is 1.76 bits per heavy atom. The van der Waals surface area contributed by atoms with Crippen LogP contribution in [0.4, 0.5) is 9.18 Å². The number of amides is 2. The lowest BCUT2D eigenvalue weighted by atomic mass is 10.1. The van der Waals surface area contributed by atoms with E-state index < -0.39 is 0 Å².